The molecule has 0 aliphatic heterocycles. The van der Waals surface area contributed by atoms with Gasteiger partial charge in [-0.1, -0.05) is 133 Å². The van der Waals surface area contributed by atoms with Gasteiger partial charge in [0.15, 0.2) is 6.10 Å². The van der Waals surface area contributed by atoms with Gasteiger partial charge in [-0.2, -0.15) is 0 Å². The van der Waals surface area contributed by atoms with Crippen LogP contribution in [0.3, 0.4) is 0 Å². The van der Waals surface area contributed by atoms with Crippen molar-refractivity contribution in [3.8, 4) is 0 Å². The summed E-state index contributed by atoms with van der Waals surface area (Å²) in [5.41, 5.74) is 1.82. The number of carbonyl (C=O) groups is 2. The number of imide groups is 1. The van der Waals surface area contributed by atoms with E-state index in [1.54, 1.807) is 18.5 Å². The number of carbonyl (C=O) groups excluding carboxylic acids is 2. The average molecular weight is 690 g/mol. The van der Waals surface area contributed by atoms with Crippen molar-refractivity contribution in [2.75, 3.05) is 0 Å². The maximum absolute atomic E-state index is 12.9. The van der Waals surface area contributed by atoms with E-state index in [9.17, 15) is 9.59 Å². The predicted octanol–water partition coefficient (Wildman–Crippen LogP) is 11.4. The third kappa shape index (κ3) is 14.5. The summed E-state index contributed by atoms with van der Waals surface area (Å²) in [6.07, 6.45) is 18.5. The van der Waals surface area contributed by atoms with Crippen LogP contribution in [0.1, 0.15) is 140 Å². The minimum absolute atomic E-state index is 0.121. The largest absolute Gasteiger partial charge is 0.437 e. The lowest BCUT2D eigenvalue weighted by Crippen LogP contribution is -2.32. The normalized spacial score (nSPS) is 12.0. The lowest BCUT2D eigenvalue weighted by molar-refractivity contribution is -0.120. The molecule has 1 atom stereocenters. The summed E-state index contributed by atoms with van der Waals surface area (Å²) in [4.78, 5) is 38.6. The summed E-state index contributed by atoms with van der Waals surface area (Å²) >= 11 is 13.9. The number of aromatic nitrogens is 3. The molecule has 3 aromatic rings. The Morgan fingerprint density at radius 2 is 1.43 bits per heavy atom. The van der Waals surface area contributed by atoms with Gasteiger partial charge in [-0.3, -0.25) is 15.1 Å². The highest BCUT2D eigenvalue weighted by Gasteiger charge is 2.25. The van der Waals surface area contributed by atoms with Crippen LogP contribution in [0.5, 0.6) is 0 Å². The highest BCUT2D eigenvalue weighted by atomic mass is 35.5. The molecule has 1 unspecified atom stereocenters. The molecule has 0 bridgehead atoms. The SMILES string of the molecule is CCCCCCCCCCCCCCCC(=O)NC(=O)OC(Cc1ccncc1)c1nc(Sc2cc(Cl)cc(Cl)c2)c(C(C)C)[nH]1. The number of amides is 2. The molecule has 10 heteroatoms. The number of hydrogen-bond donors (Lipinski definition) is 2. The van der Waals surface area contributed by atoms with Crippen molar-refractivity contribution in [1.82, 2.24) is 20.3 Å². The summed E-state index contributed by atoms with van der Waals surface area (Å²) < 4.78 is 5.83. The lowest BCUT2D eigenvalue weighted by Gasteiger charge is -2.16. The van der Waals surface area contributed by atoms with Crippen molar-refractivity contribution in [3.05, 3.63) is 69.9 Å². The van der Waals surface area contributed by atoms with Crippen molar-refractivity contribution in [2.24, 2.45) is 0 Å². The maximum atomic E-state index is 12.9. The molecule has 252 valence electrons. The molecule has 1 aromatic carbocycles. The molecule has 3 rings (SSSR count). The quantitative estimate of drug-likeness (QED) is 0.108. The number of pyridine rings is 1. The Bertz CT molecular complexity index is 1320. The summed E-state index contributed by atoms with van der Waals surface area (Å²) in [5, 5.41) is 4.23. The van der Waals surface area contributed by atoms with Crippen LogP contribution in [0.2, 0.25) is 10.0 Å². The molecular weight excluding hydrogens is 639 g/mol. The highest BCUT2D eigenvalue weighted by molar-refractivity contribution is 7.99. The zero-order valence-corrected chi connectivity index (χ0v) is 29.9. The number of aromatic amines is 1. The molecule has 2 heterocycles. The van der Waals surface area contributed by atoms with Crippen molar-refractivity contribution < 1.29 is 14.3 Å². The number of alkyl carbamates (subject to hydrolysis) is 1. The molecule has 0 fully saturated rings. The first kappa shape index (κ1) is 37.9. The number of rotatable bonds is 21. The Balaban J connectivity index is 1.50. The van der Waals surface area contributed by atoms with Gasteiger partial charge in [0.25, 0.3) is 0 Å². The number of hydrogen-bond acceptors (Lipinski definition) is 6. The van der Waals surface area contributed by atoms with Crippen LogP contribution in [0.15, 0.2) is 52.6 Å². The van der Waals surface area contributed by atoms with Crippen molar-refractivity contribution >= 4 is 47.0 Å². The smallest absolute Gasteiger partial charge is 0.414 e. The van der Waals surface area contributed by atoms with E-state index in [0.717, 1.165) is 40.4 Å². The van der Waals surface area contributed by atoms with Crippen LogP contribution < -0.4 is 5.32 Å². The van der Waals surface area contributed by atoms with E-state index in [0.29, 0.717) is 28.7 Å². The number of imidazole rings is 1. The standard InChI is InChI=1S/C36H50Cl2N4O3S/c1-4-5-6-7-8-9-10-11-12-13-14-15-16-17-32(43)40-36(44)45-31(22-27-18-20-39-21-19-27)34-41-33(26(2)3)35(42-34)46-30-24-28(37)23-29(38)25-30/h18-21,23-26,31H,4-17,22H2,1-3H3,(H,41,42)(H,40,43,44). The van der Waals surface area contributed by atoms with Crippen LogP contribution >= 0.6 is 35.0 Å². The minimum atomic E-state index is -0.780. The number of benzene rings is 1. The van der Waals surface area contributed by atoms with E-state index in [-0.39, 0.29) is 11.8 Å². The van der Waals surface area contributed by atoms with Gasteiger partial charge in [0.1, 0.15) is 10.9 Å². The van der Waals surface area contributed by atoms with Crippen molar-refractivity contribution in [1.29, 1.82) is 0 Å². The first-order valence-electron chi connectivity index (χ1n) is 16.9. The van der Waals surface area contributed by atoms with Gasteiger partial charge in [-0.25, -0.2) is 9.78 Å². The molecule has 7 nitrogen and oxygen atoms in total. The number of H-pyrrole nitrogens is 1. The maximum Gasteiger partial charge on any atom is 0.414 e. The number of nitrogens with one attached hydrogen (secondary N) is 2. The summed E-state index contributed by atoms with van der Waals surface area (Å²) in [6, 6.07) is 9.08. The Labute approximate surface area is 289 Å². The van der Waals surface area contributed by atoms with Crippen molar-refractivity contribution in [3.63, 3.8) is 0 Å². The fourth-order valence-electron chi connectivity index (χ4n) is 5.28. The van der Waals surface area contributed by atoms with E-state index in [1.165, 1.54) is 76.0 Å². The Kier molecular flexibility index (Phi) is 17.6. The second-order valence-electron chi connectivity index (χ2n) is 12.2. The molecular formula is C36H50Cl2N4O3S. The van der Waals surface area contributed by atoms with E-state index < -0.39 is 12.2 Å². The fraction of sp³-hybridized carbons (Fsp3) is 0.556. The molecule has 46 heavy (non-hydrogen) atoms. The highest BCUT2D eigenvalue weighted by Crippen LogP contribution is 2.36. The number of ether oxygens (including phenoxy) is 1. The molecule has 0 saturated heterocycles. The molecule has 0 aliphatic rings. The molecule has 2 N–H and O–H groups in total. The summed E-state index contributed by atoms with van der Waals surface area (Å²) in [5.74, 6) is 0.290. The second-order valence-corrected chi connectivity index (χ2v) is 14.1. The van der Waals surface area contributed by atoms with Gasteiger partial charge in [0.2, 0.25) is 5.91 Å². The van der Waals surface area contributed by atoms with Gasteiger partial charge in [0, 0.05) is 40.2 Å². The monoisotopic (exact) mass is 688 g/mol. The minimum Gasteiger partial charge on any atom is -0.437 e. The summed E-state index contributed by atoms with van der Waals surface area (Å²) in [7, 11) is 0. The first-order chi connectivity index (χ1) is 22.2. The van der Waals surface area contributed by atoms with Crippen LogP contribution in [-0.2, 0) is 16.0 Å². The molecule has 0 aliphatic carbocycles. The van der Waals surface area contributed by atoms with Gasteiger partial charge in [-0.15, -0.1) is 0 Å². The zero-order chi connectivity index (χ0) is 33.1. The van der Waals surface area contributed by atoms with E-state index in [2.05, 4.69) is 36.1 Å². The van der Waals surface area contributed by atoms with Gasteiger partial charge in [0.05, 0.1) is 5.69 Å². The Morgan fingerprint density at radius 1 is 0.870 bits per heavy atom. The van der Waals surface area contributed by atoms with E-state index in [1.807, 2.05) is 24.3 Å². The second kappa shape index (κ2) is 21.3. The third-order valence-corrected chi connectivity index (χ3v) is 9.23. The molecule has 2 aromatic heterocycles. The molecule has 2 amide bonds. The van der Waals surface area contributed by atoms with Gasteiger partial charge < -0.3 is 9.72 Å². The molecule has 0 saturated carbocycles. The topological polar surface area (TPSA) is 97.0 Å². The van der Waals surface area contributed by atoms with Crippen LogP contribution in [0.4, 0.5) is 4.79 Å². The summed E-state index contributed by atoms with van der Waals surface area (Å²) in [6.45, 7) is 6.38. The number of unbranched alkanes of at least 4 members (excludes halogenated alkanes) is 12. The average Bonchev–Trinajstić information content (AvgIpc) is 3.43. The van der Waals surface area contributed by atoms with Gasteiger partial charge in [-0.05, 0) is 48.2 Å². The Morgan fingerprint density at radius 3 is 2.00 bits per heavy atom. The Hall–Kier alpha value is -2.55. The number of halogens is 2. The number of nitrogens with zero attached hydrogens (tertiary/aromatic N) is 2. The first-order valence-corrected chi connectivity index (χ1v) is 18.5. The van der Waals surface area contributed by atoms with Crippen LogP contribution in [0, 0.1) is 0 Å². The molecule has 0 radical (unpaired) electrons. The zero-order valence-electron chi connectivity index (χ0n) is 27.6. The van der Waals surface area contributed by atoms with Crippen LogP contribution in [-0.4, -0.2) is 27.0 Å². The van der Waals surface area contributed by atoms with Crippen LogP contribution in [0.25, 0.3) is 0 Å². The molecule has 0 spiro atoms. The van der Waals surface area contributed by atoms with E-state index in [4.69, 9.17) is 32.9 Å². The van der Waals surface area contributed by atoms with E-state index >= 15 is 0 Å². The third-order valence-electron chi connectivity index (χ3n) is 7.82. The predicted molar refractivity (Wildman–Crippen MR) is 189 cm³/mol. The van der Waals surface area contributed by atoms with Crippen molar-refractivity contribution in [2.45, 2.75) is 139 Å². The lowest BCUT2D eigenvalue weighted by atomic mass is 10.0. The fourth-order valence-corrected chi connectivity index (χ4v) is 7.07. The van der Waals surface area contributed by atoms with Gasteiger partial charge >= 0.3 is 6.09 Å².